The lowest BCUT2D eigenvalue weighted by Crippen LogP contribution is -2.25. The SMILES string of the molecule is Nc1c(S(=O)(=O)[O-])cc(Nc2cccc(S(=O)(=O)CCOS(=O)(=O)[O-])c2)c2c1C(=O)c1ccccc1C2=O. The molecule has 200 valence electrons. The van der Waals surface area contributed by atoms with Crippen molar-refractivity contribution in [3.05, 3.63) is 76.9 Å². The number of nitrogens with one attached hydrogen (secondary N) is 1. The molecule has 0 spiro atoms. The molecule has 0 aliphatic heterocycles. The number of hydrogen-bond donors (Lipinski definition) is 2. The van der Waals surface area contributed by atoms with E-state index in [1.54, 1.807) is 0 Å². The van der Waals surface area contributed by atoms with Gasteiger partial charge in [-0.15, -0.1) is 0 Å². The van der Waals surface area contributed by atoms with Gasteiger partial charge in [0.1, 0.15) is 10.1 Å². The van der Waals surface area contributed by atoms with Gasteiger partial charge in [0.25, 0.3) is 0 Å². The molecule has 0 unspecified atom stereocenters. The largest absolute Gasteiger partial charge is 0.744 e. The number of benzene rings is 3. The van der Waals surface area contributed by atoms with Gasteiger partial charge in [-0.05, 0) is 24.3 Å². The van der Waals surface area contributed by atoms with Crippen LogP contribution in [-0.2, 0) is 34.5 Å². The zero-order valence-corrected chi connectivity index (χ0v) is 21.4. The molecule has 3 aromatic carbocycles. The van der Waals surface area contributed by atoms with Gasteiger partial charge in [-0.2, -0.15) is 0 Å². The quantitative estimate of drug-likeness (QED) is 0.168. The molecule has 0 atom stereocenters. The number of anilines is 3. The molecule has 0 heterocycles. The predicted octanol–water partition coefficient (Wildman–Crippen LogP) is 0.942. The van der Waals surface area contributed by atoms with Crippen LogP contribution >= 0.6 is 0 Å². The Balaban J connectivity index is 1.82. The first-order chi connectivity index (χ1) is 17.6. The lowest BCUT2D eigenvalue weighted by atomic mass is 9.82. The molecule has 0 saturated carbocycles. The van der Waals surface area contributed by atoms with E-state index in [2.05, 4.69) is 9.50 Å². The third kappa shape index (κ3) is 5.31. The van der Waals surface area contributed by atoms with E-state index in [4.69, 9.17) is 5.73 Å². The van der Waals surface area contributed by atoms with E-state index >= 15 is 0 Å². The van der Waals surface area contributed by atoms with Crippen LogP contribution in [0.5, 0.6) is 0 Å². The van der Waals surface area contributed by atoms with Crippen LogP contribution in [0.2, 0.25) is 0 Å². The van der Waals surface area contributed by atoms with Gasteiger partial charge in [0, 0.05) is 16.8 Å². The van der Waals surface area contributed by atoms with E-state index in [1.165, 1.54) is 36.4 Å². The summed E-state index contributed by atoms with van der Waals surface area (Å²) in [5, 5.41) is 2.67. The van der Waals surface area contributed by atoms with Gasteiger partial charge in [-0.25, -0.2) is 25.3 Å². The normalized spacial score (nSPS) is 13.6. The van der Waals surface area contributed by atoms with Gasteiger partial charge in [0.2, 0.25) is 10.4 Å². The average Bonchev–Trinajstić information content (AvgIpc) is 2.82. The summed E-state index contributed by atoms with van der Waals surface area (Å²) in [5.41, 5.74) is 4.03. The Kier molecular flexibility index (Phi) is 6.89. The lowest BCUT2D eigenvalue weighted by Gasteiger charge is -2.25. The molecule has 3 aromatic rings. The third-order valence-electron chi connectivity index (χ3n) is 5.52. The summed E-state index contributed by atoms with van der Waals surface area (Å²) in [6.07, 6.45) is 0. The number of fused-ring (bicyclic) bond motifs is 2. The smallest absolute Gasteiger partial charge is 0.217 e. The van der Waals surface area contributed by atoms with Gasteiger partial charge in [0.15, 0.2) is 21.4 Å². The molecule has 0 saturated heterocycles. The summed E-state index contributed by atoms with van der Waals surface area (Å²) in [4.78, 5) is 25.2. The molecule has 3 N–H and O–H groups in total. The Labute approximate surface area is 216 Å². The summed E-state index contributed by atoms with van der Waals surface area (Å²) in [6, 6.07) is 11.4. The van der Waals surface area contributed by atoms with Crippen molar-refractivity contribution in [1.82, 2.24) is 0 Å². The molecule has 0 radical (unpaired) electrons. The highest BCUT2D eigenvalue weighted by Gasteiger charge is 2.35. The fourth-order valence-electron chi connectivity index (χ4n) is 3.89. The van der Waals surface area contributed by atoms with Crippen LogP contribution in [0.1, 0.15) is 31.8 Å². The summed E-state index contributed by atoms with van der Waals surface area (Å²) >= 11 is 0. The number of hydrogen-bond acceptors (Lipinski definition) is 13. The predicted molar refractivity (Wildman–Crippen MR) is 130 cm³/mol. The fraction of sp³-hybridized carbons (Fsp3) is 0.0909. The maximum atomic E-state index is 13.3. The molecule has 0 amide bonds. The monoisotopic (exact) mass is 580 g/mol. The van der Waals surface area contributed by atoms with Crippen LogP contribution in [0.15, 0.2) is 64.4 Å². The molecule has 4 rings (SSSR count). The Morgan fingerprint density at radius 3 is 2.00 bits per heavy atom. The molecular formula is C22H16N2O11S3-2. The maximum Gasteiger partial charge on any atom is 0.217 e. The lowest BCUT2D eigenvalue weighted by molar-refractivity contribution is 0.0980. The number of nitrogens with two attached hydrogens (primary N) is 1. The van der Waals surface area contributed by atoms with Gasteiger partial charge in [-0.3, -0.25) is 13.8 Å². The van der Waals surface area contributed by atoms with Gasteiger partial charge in [-0.1, -0.05) is 30.3 Å². The number of sulfone groups is 1. The van der Waals surface area contributed by atoms with Crippen LogP contribution in [0.25, 0.3) is 0 Å². The zero-order chi connectivity index (χ0) is 28.0. The minimum Gasteiger partial charge on any atom is -0.744 e. The molecule has 0 fully saturated rings. The number of carbonyl (C=O) groups is 2. The van der Waals surface area contributed by atoms with Gasteiger partial charge >= 0.3 is 0 Å². The Morgan fingerprint density at radius 2 is 1.42 bits per heavy atom. The highest BCUT2D eigenvalue weighted by Crippen LogP contribution is 2.40. The first-order valence-corrected chi connectivity index (χ1v) is 14.8. The Morgan fingerprint density at radius 1 is 0.816 bits per heavy atom. The van der Waals surface area contributed by atoms with Gasteiger partial charge in [0.05, 0.1) is 44.7 Å². The van der Waals surface area contributed by atoms with Crippen molar-refractivity contribution in [1.29, 1.82) is 0 Å². The van der Waals surface area contributed by atoms with E-state index in [9.17, 15) is 43.9 Å². The maximum absolute atomic E-state index is 13.3. The van der Waals surface area contributed by atoms with E-state index < -0.39 is 70.4 Å². The highest BCUT2D eigenvalue weighted by atomic mass is 32.3. The van der Waals surface area contributed by atoms with Crippen molar-refractivity contribution in [3.8, 4) is 0 Å². The molecular weight excluding hydrogens is 564 g/mol. The molecule has 0 aromatic heterocycles. The standard InChI is InChI=1S/C22H18N2O11S3/c23-20-17(37(29,30)31)11-16(18-19(20)22(26)15-7-2-1-6-14(15)21(18)25)24-12-4-3-5-13(10-12)36(27,28)9-8-35-38(32,33)34/h1-7,10-11,24H,8-9,23H2,(H,29,30,31)(H,32,33,34)/p-2. The van der Waals surface area contributed by atoms with Crippen LogP contribution < -0.4 is 11.1 Å². The van der Waals surface area contributed by atoms with E-state index in [0.717, 1.165) is 18.2 Å². The zero-order valence-electron chi connectivity index (χ0n) is 18.9. The van der Waals surface area contributed by atoms with Crippen molar-refractivity contribution in [2.24, 2.45) is 0 Å². The number of ketones is 2. The van der Waals surface area contributed by atoms with E-state index in [1.807, 2.05) is 0 Å². The Hall–Kier alpha value is -3.67. The molecule has 13 nitrogen and oxygen atoms in total. The summed E-state index contributed by atoms with van der Waals surface area (Å²) in [6.45, 7) is -0.933. The van der Waals surface area contributed by atoms with Crippen molar-refractivity contribution < 1.29 is 48.1 Å². The Bertz CT molecular complexity index is 1830. The molecule has 1 aliphatic carbocycles. The van der Waals surface area contributed by atoms with Crippen LogP contribution in [0.4, 0.5) is 17.1 Å². The molecule has 38 heavy (non-hydrogen) atoms. The van der Waals surface area contributed by atoms with E-state index in [-0.39, 0.29) is 33.0 Å². The third-order valence-corrected chi connectivity index (χ3v) is 8.53. The van der Waals surface area contributed by atoms with Crippen LogP contribution in [0, 0.1) is 0 Å². The van der Waals surface area contributed by atoms with Crippen molar-refractivity contribution in [3.63, 3.8) is 0 Å². The second-order valence-electron chi connectivity index (χ2n) is 7.95. The topological polar surface area (TPSA) is 230 Å². The first kappa shape index (κ1) is 27.4. The highest BCUT2D eigenvalue weighted by molar-refractivity contribution is 7.91. The minimum absolute atomic E-state index is 0.00911. The van der Waals surface area contributed by atoms with Crippen molar-refractivity contribution in [2.45, 2.75) is 9.79 Å². The molecule has 0 bridgehead atoms. The summed E-state index contributed by atoms with van der Waals surface area (Å²) in [5.74, 6) is -2.35. The van der Waals surface area contributed by atoms with E-state index in [0.29, 0.717) is 0 Å². The second-order valence-corrected chi connectivity index (χ2v) is 12.5. The van der Waals surface area contributed by atoms with Gasteiger partial charge < -0.3 is 20.2 Å². The average molecular weight is 581 g/mol. The summed E-state index contributed by atoms with van der Waals surface area (Å²) in [7, 11) is -14.5. The summed E-state index contributed by atoms with van der Waals surface area (Å²) < 4.78 is 96.6. The van der Waals surface area contributed by atoms with Crippen molar-refractivity contribution in [2.75, 3.05) is 23.4 Å². The minimum atomic E-state index is -5.22. The van der Waals surface area contributed by atoms with Crippen molar-refractivity contribution >= 4 is 59.0 Å². The molecule has 16 heteroatoms. The molecule has 1 aliphatic rings. The number of nitrogen functional groups attached to an aromatic ring is 1. The number of rotatable bonds is 8. The fourth-order valence-corrected chi connectivity index (χ4v) is 6.04. The van der Waals surface area contributed by atoms with Crippen LogP contribution in [-0.4, -0.2) is 58.3 Å². The number of carbonyl (C=O) groups excluding carboxylic acids is 2. The second kappa shape index (κ2) is 9.57. The first-order valence-electron chi connectivity index (χ1n) is 10.4. The van der Waals surface area contributed by atoms with Crippen LogP contribution in [0.3, 0.4) is 0 Å².